The molecule has 3 aromatic heterocycles. The van der Waals surface area contributed by atoms with Gasteiger partial charge in [-0.25, -0.2) is 19.9 Å². The van der Waals surface area contributed by atoms with Crippen LogP contribution in [0.15, 0.2) is 224 Å². The van der Waals surface area contributed by atoms with Gasteiger partial charge in [0.25, 0.3) is 0 Å². The van der Waals surface area contributed by atoms with E-state index in [1.54, 1.807) is 0 Å². The highest BCUT2D eigenvalue weighted by Gasteiger charge is 2.21. The standard InChI is InChI=1S/C56H37N5/c1-5-15-38(16-6-1)40-25-29-42(30-26-40)50-37-51(58-53(57-50)46-33-27-41(28-34-46)39-17-7-2-8-18-39)43-31-35-47(36-32-43)55-59-54(45-21-11-4-12-22-45)60-56-49-24-14-13-23-48(49)52(61(55)56)44-19-9-3-10-20-44/h1-37H. The van der Waals surface area contributed by atoms with Gasteiger partial charge in [-0.3, -0.25) is 4.40 Å². The highest BCUT2D eigenvalue weighted by molar-refractivity contribution is 6.06. The third kappa shape index (κ3) is 6.84. The van der Waals surface area contributed by atoms with Gasteiger partial charge in [-0.2, -0.15) is 0 Å². The fourth-order valence-corrected chi connectivity index (χ4v) is 8.18. The van der Waals surface area contributed by atoms with E-state index >= 15 is 0 Å². The van der Waals surface area contributed by atoms with Crippen LogP contribution in [0.3, 0.4) is 0 Å². The van der Waals surface area contributed by atoms with Crippen LogP contribution < -0.4 is 0 Å². The lowest BCUT2D eigenvalue weighted by Gasteiger charge is -2.13. The van der Waals surface area contributed by atoms with Gasteiger partial charge < -0.3 is 0 Å². The molecule has 0 saturated carbocycles. The van der Waals surface area contributed by atoms with Crippen LogP contribution in [0.4, 0.5) is 0 Å². The second-order valence-electron chi connectivity index (χ2n) is 15.1. The van der Waals surface area contributed by atoms with E-state index in [1.807, 2.05) is 30.3 Å². The monoisotopic (exact) mass is 779 g/mol. The smallest absolute Gasteiger partial charge is 0.163 e. The summed E-state index contributed by atoms with van der Waals surface area (Å²) in [6.45, 7) is 0. The van der Waals surface area contributed by atoms with Gasteiger partial charge in [0.05, 0.1) is 17.1 Å². The van der Waals surface area contributed by atoms with E-state index in [0.717, 1.165) is 83.8 Å². The van der Waals surface area contributed by atoms with Crippen LogP contribution in [0.2, 0.25) is 0 Å². The molecule has 0 fully saturated rings. The molecule has 286 valence electrons. The van der Waals surface area contributed by atoms with Crippen molar-refractivity contribution in [1.82, 2.24) is 24.3 Å². The first-order chi connectivity index (χ1) is 30.2. The van der Waals surface area contributed by atoms with E-state index in [1.165, 1.54) is 11.1 Å². The van der Waals surface area contributed by atoms with E-state index in [0.29, 0.717) is 11.6 Å². The molecule has 5 nitrogen and oxygen atoms in total. The predicted octanol–water partition coefficient (Wildman–Crippen LogP) is 14.0. The Morgan fingerprint density at radius 3 is 1.15 bits per heavy atom. The molecule has 11 aromatic rings. The number of nitrogens with zero attached hydrogens (tertiary/aromatic N) is 5. The molecule has 0 aliphatic carbocycles. The molecule has 0 unspecified atom stereocenters. The van der Waals surface area contributed by atoms with Crippen molar-refractivity contribution >= 4 is 16.4 Å². The number of benzene rings is 8. The molecule has 0 aliphatic heterocycles. The summed E-state index contributed by atoms with van der Waals surface area (Å²) in [7, 11) is 0. The maximum absolute atomic E-state index is 5.32. The minimum Gasteiger partial charge on any atom is -0.277 e. The first kappa shape index (κ1) is 35.8. The Labute approximate surface area is 354 Å². The van der Waals surface area contributed by atoms with Gasteiger partial charge in [0.1, 0.15) is 11.5 Å². The maximum atomic E-state index is 5.32. The topological polar surface area (TPSA) is 56.0 Å². The minimum atomic E-state index is 0.667. The number of fused-ring (bicyclic) bond motifs is 3. The van der Waals surface area contributed by atoms with Crippen molar-refractivity contribution in [2.75, 3.05) is 0 Å². The molecular weight excluding hydrogens is 743 g/mol. The maximum Gasteiger partial charge on any atom is 0.163 e. The molecule has 0 bridgehead atoms. The van der Waals surface area contributed by atoms with Crippen molar-refractivity contribution in [3.8, 4) is 90.2 Å². The fraction of sp³-hybridized carbons (Fsp3) is 0. The minimum absolute atomic E-state index is 0.667. The lowest BCUT2D eigenvalue weighted by molar-refractivity contribution is 1.05. The normalized spacial score (nSPS) is 11.3. The molecule has 11 rings (SSSR count). The number of rotatable bonds is 8. The Bertz CT molecular complexity index is 3190. The third-order valence-electron chi connectivity index (χ3n) is 11.3. The van der Waals surface area contributed by atoms with Gasteiger partial charge in [-0.15, -0.1) is 0 Å². The third-order valence-corrected chi connectivity index (χ3v) is 11.3. The van der Waals surface area contributed by atoms with Gasteiger partial charge in [0.15, 0.2) is 11.6 Å². The molecule has 8 aromatic carbocycles. The molecule has 0 spiro atoms. The zero-order chi connectivity index (χ0) is 40.5. The molecule has 0 atom stereocenters. The SMILES string of the molecule is c1ccc(-c2ccc(-c3cc(-c4ccc(-c5nc(-c6ccccc6)nc6c7ccccc7c(-c7ccccc7)n56)cc4)nc(-c4ccc(-c5ccccc5)cc4)n3)cc2)cc1. The van der Waals surface area contributed by atoms with Crippen molar-refractivity contribution in [1.29, 1.82) is 0 Å². The fourth-order valence-electron chi connectivity index (χ4n) is 8.18. The van der Waals surface area contributed by atoms with E-state index in [9.17, 15) is 0 Å². The molecular formula is C56H37N5. The first-order valence-electron chi connectivity index (χ1n) is 20.5. The summed E-state index contributed by atoms with van der Waals surface area (Å²) < 4.78 is 2.22. The summed E-state index contributed by atoms with van der Waals surface area (Å²) >= 11 is 0. The van der Waals surface area contributed by atoms with Crippen LogP contribution >= 0.6 is 0 Å². The van der Waals surface area contributed by atoms with Gasteiger partial charge in [-0.1, -0.05) is 218 Å². The summed E-state index contributed by atoms with van der Waals surface area (Å²) in [6.07, 6.45) is 0. The Balaban J connectivity index is 1.05. The summed E-state index contributed by atoms with van der Waals surface area (Å²) in [5, 5.41) is 2.20. The average molecular weight is 780 g/mol. The van der Waals surface area contributed by atoms with Crippen molar-refractivity contribution < 1.29 is 0 Å². The number of aromatic nitrogens is 5. The first-order valence-corrected chi connectivity index (χ1v) is 20.5. The quantitative estimate of drug-likeness (QED) is 0.154. The molecule has 0 amide bonds. The summed E-state index contributed by atoms with van der Waals surface area (Å²) in [5.41, 5.74) is 14.2. The second kappa shape index (κ2) is 15.5. The second-order valence-corrected chi connectivity index (χ2v) is 15.1. The van der Waals surface area contributed by atoms with Crippen LogP contribution in [-0.2, 0) is 0 Å². The predicted molar refractivity (Wildman–Crippen MR) is 250 cm³/mol. The molecule has 3 heterocycles. The highest BCUT2D eigenvalue weighted by atomic mass is 15.1. The van der Waals surface area contributed by atoms with E-state index in [-0.39, 0.29) is 0 Å². The van der Waals surface area contributed by atoms with E-state index in [4.69, 9.17) is 19.9 Å². The summed E-state index contributed by atoms with van der Waals surface area (Å²) in [4.78, 5) is 20.9. The van der Waals surface area contributed by atoms with Crippen LogP contribution in [0.1, 0.15) is 0 Å². The Morgan fingerprint density at radius 2 is 0.623 bits per heavy atom. The molecule has 0 saturated heterocycles. The number of hydrogen-bond donors (Lipinski definition) is 0. The van der Waals surface area contributed by atoms with Gasteiger partial charge in [-0.05, 0) is 33.9 Å². The number of hydrogen-bond acceptors (Lipinski definition) is 4. The van der Waals surface area contributed by atoms with Crippen molar-refractivity contribution in [3.63, 3.8) is 0 Å². The average Bonchev–Trinajstić information content (AvgIpc) is 3.69. The Morgan fingerprint density at radius 1 is 0.262 bits per heavy atom. The van der Waals surface area contributed by atoms with Crippen molar-refractivity contribution in [2.24, 2.45) is 0 Å². The summed E-state index contributed by atoms with van der Waals surface area (Å²) in [6, 6.07) is 77.9. The Hall–Kier alpha value is -8.28. The zero-order valence-corrected chi connectivity index (χ0v) is 33.1. The van der Waals surface area contributed by atoms with Crippen LogP contribution in [0.5, 0.6) is 0 Å². The highest BCUT2D eigenvalue weighted by Crippen LogP contribution is 2.38. The Kier molecular flexibility index (Phi) is 9.10. The molecule has 0 radical (unpaired) electrons. The lowest BCUT2D eigenvalue weighted by Crippen LogP contribution is -2.03. The van der Waals surface area contributed by atoms with Gasteiger partial charge in [0.2, 0.25) is 0 Å². The van der Waals surface area contributed by atoms with Crippen molar-refractivity contribution in [2.45, 2.75) is 0 Å². The van der Waals surface area contributed by atoms with Crippen LogP contribution in [0, 0.1) is 0 Å². The molecule has 0 aliphatic rings. The van der Waals surface area contributed by atoms with Gasteiger partial charge in [0, 0.05) is 38.6 Å². The largest absolute Gasteiger partial charge is 0.277 e. The summed E-state index contributed by atoms with van der Waals surface area (Å²) in [5.74, 6) is 2.16. The van der Waals surface area contributed by atoms with E-state index < -0.39 is 0 Å². The zero-order valence-electron chi connectivity index (χ0n) is 33.1. The van der Waals surface area contributed by atoms with Crippen LogP contribution in [-0.4, -0.2) is 24.3 Å². The van der Waals surface area contributed by atoms with Crippen LogP contribution in [0.25, 0.3) is 107 Å². The van der Waals surface area contributed by atoms with Crippen molar-refractivity contribution in [3.05, 3.63) is 224 Å². The van der Waals surface area contributed by atoms with Gasteiger partial charge >= 0.3 is 0 Å². The molecule has 5 heteroatoms. The van der Waals surface area contributed by atoms with E-state index in [2.05, 4.69) is 199 Å². The molecule has 0 N–H and O–H groups in total. The lowest BCUT2D eigenvalue weighted by atomic mass is 10.0. The molecule has 61 heavy (non-hydrogen) atoms.